The van der Waals surface area contributed by atoms with Gasteiger partial charge in [-0.25, -0.2) is 14.6 Å². The van der Waals surface area contributed by atoms with Crippen molar-refractivity contribution >= 4 is 16.9 Å². The van der Waals surface area contributed by atoms with Crippen LogP contribution in [0.2, 0.25) is 0 Å². The maximum absolute atomic E-state index is 10.0. The molecule has 0 saturated carbocycles. The molecular formula is C11H12N6O4. The highest BCUT2D eigenvalue weighted by molar-refractivity contribution is 5.90. The first kappa shape index (κ1) is 13.7. The van der Waals surface area contributed by atoms with Crippen molar-refractivity contribution in [1.29, 1.82) is 5.26 Å². The minimum atomic E-state index is -1.33. The Morgan fingerprint density at radius 1 is 1.38 bits per heavy atom. The molecule has 2 aromatic rings. The number of aromatic nitrogens is 4. The number of ether oxygens (including phenoxy) is 1. The SMILES string of the molecule is N#Cc1nn([C@@H]2O[C@@H](CO)[C@@H](O)[C@@H]2O)c2ncnc(N)c12. The lowest BCUT2D eigenvalue weighted by molar-refractivity contribution is -0.0567. The van der Waals surface area contributed by atoms with Crippen molar-refractivity contribution in [3.05, 3.63) is 12.0 Å². The minimum absolute atomic E-state index is 0.0131. The first-order valence-electron chi connectivity index (χ1n) is 6.09. The smallest absolute Gasteiger partial charge is 0.181 e. The zero-order valence-electron chi connectivity index (χ0n) is 10.7. The Morgan fingerprint density at radius 3 is 2.76 bits per heavy atom. The largest absolute Gasteiger partial charge is 0.394 e. The third kappa shape index (κ3) is 1.91. The molecule has 4 atom stereocenters. The molecule has 110 valence electrons. The molecule has 0 radical (unpaired) electrons. The highest BCUT2D eigenvalue weighted by atomic mass is 16.6. The summed E-state index contributed by atoms with van der Waals surface area (Å²) in [5.41, 5.74) is 5.90. The van der Waals surface area contributed by atoms with Crippen LogP contribution in [0.3, 0.4) is 0 Å². The molecule has 21 heavy (non-hydrogen) atoms. The van der Waals surface area contributed by atoms with Crippen LogP contribution in [0.5, 0.6) is 0 Å². The van der Waals surface area contributed by atoms with E-state index in [9.17, 15) is 10.2 Å². The van der Waals surface area contributed by atoms with E-state index < -0.39 is 31.1 Å². The zero-order chi connectivity index (χ0) is 15.1. The minimum Gasteiger partial charge on any atom is -0.394 e. The van der Waals surface area contributed by atoms with Crippen LogP contribution in [0, 0.1) is 11.3 Å². The fraction of sp³-hybridized carbons (Fsp3) is 0.455. The van der Waals surface area contributed by atoms with Crippen LogP contribution in [0.25, 0.3) is 11.0 Å². The molecule has 10 nitrogen and oxygen atoms in total. The molecule has 0 bridgehead atoms. The summed E-state index contributed by atoms with van der Waals surface area (Å²) in [5.74, 6) is 0.0783. The number of aliphatic hydroxyl groups is 3. The van der Waals surface area contributed by atoms with Gasteiger partial charge in [0.25, 0.3) is 0 Å². The third-order valence-corrected chi connectivity index (χ3v) is 3.38. The predicted molar refractivity (Wildman–Crippen MR) is 67.5 cm³/mol. The maximum atomic E-state index is 10.0. The van der Waals surface area contributed by atoms with Crippen LogP contribution in [0.1, 0.15) is 11.9 Å². The molecule has 1 fully saturated rings. The van der Waals surface area contributed by atoms with E-state index in [1.807, 2.05) is 6.07 Å². The van der Waals surface area contributed by atoms with Gasteiger partial charge in [-0.15, -0.1) is 0 Å². The van der Waals surface area contributed by atoms with Crippen molar-refractivity contribution < 1.29 is 20.1 Å². The quantitative estimate of drug-likeness (QED) is 0.485. The van der Waals surface area contributed by atoms with Gasteiger partial charge in [0.2, 0.25) is 0 Å². The summed E-state index contributed by atoms with van der Waals surface area (Å²) in [6, 6.07) is 1.86. The van der Waals surface area contributed by atoms with E-state index in [0.717, 1.165) is 4.68 Å². The lowest BCUT2D eigenvalue weighted by atomic mass is 10.1. The van der Waals surface area contributed by atoms with Crippen molar-refractivity contribution in [2.75, 3.05) is 12.3 Å². The molecular weight excluding hydrogens is 280 g/mol. The molecule has 1 aliphatic heterocycles. The molecule has 0 aliphatic carbocycles. The Hall–Kier alpha value is -2.32. The van der Waals surface area contributed by atoms with Gasteiger partial charge >= 0.3 is 0 Å². The Labute approximate surface area is 118 Å². The molecule has 0 amide bonds. The van der Waals surface area contributed by atoms with E-state index in [1.165, 1.54) is 6.33 Å². The van der Waals surface area contributed by atoms with Gasteiger partial charge in [-0.3, -0.25) is 0 Å². The molecule has 1 aliphatic rings. The van der Waals surface area contributed by atoms with Crippen molar-refractivity contribution in [3.8, 4) is 6.07 Å². The van der Waals surface area contributed by atoms with Crippen LogP contribution >= 0.6 is 0 Å². The number of nitrogens with zero attached hydrogens (tertiary/aromatic N) is 5. The van der Waals surface area contributed by atoms with Gasteiger partial charge in [0, 0.05) is 0 Å². The summed E-state index contributed by atoms with van der Waals surface area (Å²) in [4.78, 5) is 7.78. The van der Waals surface area contributed by atoms with E-state index in [2.05, 4.69) is 15.1 Å². The average molecular weight is 292 g/mol. The molecule has 0 spiro atoms. The van der Waals surface area contributed by atoms with Gasteiger partial charge in [-0.2, -0.15) is 10.4 Å². The van der Waals surface area contributed by atoms with Gasteiger partial charge in [-0.05, 0) is 0 Å². The molecule has 3 rings (SSSR count). The number of nitrogen functional groups attached to an aromatic ring is 1. The topological polar surface area (TPSA) is 163 Å². The maximum Gasteiger partial charge on any atom is 0.181 e. The highest BCUT2D eigenvalue weighted by Gasteiger charge is 2.44. The first-order chi connectivity index (χ1) is 10.1. The number of fused-ring (bicyclic) bond motifs is 1. The normalized spacial score (nSPS) is 28.9. The van der Waals surface area contributed by atoms with Gasteiger partial charge < -0.3 is 25.8 Å². The van der Waals surface area contributed by atoms with E-state index in [1.54, 1.807) is 0 Å². The second-order valence-electron chi connectivity index (χ2n) is 4.59. The summed E-state index contributed by atoms with van der Waals surface area (Å²) in [6.07, 6.45) is -3.44. The molecule has 10 heteroatoms. The summed E-state index contributed by atoms with van der Waals surface area (Å²) in [5, 5.41) is 42.3. The van der Waals surface area contributed by atoms with Gasteiger partial charge in [0.15, 0.2) is 17.6 Å². The number of nitrogens with two attached hydrogens (primary N) is 1. The van der Waals surface area contributed by atoms with Crippen molar-refractivity contribution in [2.45, 2.75) is 24.5 Å². The van der Waals surface area contributed by atoms with Crippen molar-refractivity contribution in [1.82, 2.24) is 19.7 Å². The molecule has 3 heterocycles. The van der Waals surface area contributed by atoms with Gasteiger partial charge in [0.05, 0.1) is 12.0 Å². The second kappa shape index (κ2) is 4.90. The fourth-order valence-electron chi connectivity index (χ4n) is 2.33. The van der Waals surface area contributed by atoms with Crippen LogP contribution in [0.15, 0.2) is 6.33 Å². The Balaban J connectivity index is 2.14. The van der Waals surface area contributed by atoms with Gasteiger partial charge in [0.1, 0.15) is 36.5 Å². The lowest BCUT2D eigenvalue weighted by Gasteiger charge is -2.15. The Bertz CT molecular complexity index is 725. The summed E-state index contributed by atoms with van der Waals surface area (Å²) in [6.45, 7) is -0.462. The van der Waals surface area contributed by atoms with E-state index in [4.69, 9.17) is 20.8 Å². The first-order valence-corrected chi connectivity index (χ1v) is 6.09. The number of nitriles is 1. The molecule has 0 unspecified atom stereocenters. The van der Waals surface area contributed by atoms with Crippen LogP contribution in [-0.4, -0.2) is 60.0 Å². The predicted octanol–water partition coefficient (Wildman–Crippen LogP) is -2.11. The standard InChI is InChI=1S/C11H12N6O4/c12-1-4-6-9(13)14-3-15-10(6)17(16-4)11-8(20)7(19)5(2-18)21-11/h3,5,7-8,11,18-20H,2H2,(H2,13,14,15)/t5-,7+,8-,11+/m0/s1. The molecule has 5 N–H and O–H groups in total. The van der Waals surface area contributed by atoms with E-state index in [0.29, 0.717) is 0 Å². The summed E-state index contributed by atoms with van der Waals surface area (Å²) in [7, 11) is 0. The monoisotopic (exact) mass is 292 g/mol. The molecule has 2 aromatic heterocycles. The summed E-state index contributed by atoms with van der Waals surface area (Å²) >= 11 is 0. The van der Waals surface area contributed by atoms with Crippen LogP contribution in [0.4, 0.5) is 5.82 Å². The van der Waals surface area contributed by atoms with Crippen molar-refractivity contribution in [2.24, 2.45) is 0 Å². The highest BCUT2D eigenvalue weighted by Crippen LogP contribution is 2.32. The van der Waals surface area contributed by atoms with Crippen LogP contribution < -0.4 is 5.73 Å². The summed E-state index contributed by atoms with van der Waals surface area (Å²) < 4.78 is 6.53. The lowest BCUT2D eigenvalue weighted by Crippen LogP contribution is -2.33. The van der Waals surface area contributed by atoms with Gasteiger partial charge in [-0.1, -0.05) is 0 Å². The zero-order valence-corrected chi connectivity index (χ0v) is 10.7. The van der Waals surface area contributed by atoms with Crippen LogP contribution in [-0.2, 0) is 4.74 Å². The van der Waals surface area contributed by atoms with Crippen molar-refractivity contribution in [3.63, 3.8) is 0 Å². The number of aliphatic hydroxyl groups excluding tert-OH is 3. The third-order valence-electron chi connectivity index (χ3n) is 3.38. The Kier molecular flexibility index (Phi) is 3.19. The van der Waals surface area contributed by atoms with E-state index in [-0.39, 0.29) is 22.5 Å². The molecule has 0 aromatic carbocycles. The second-order valence-corrected chi connectivity index (χ2v) is 4.59. The van der Waals surface area contributed by atoms with E-state index >= 15 is 0 Å². The number of hydrogen-bond donors (Lipinski definition) is 4. The average Bonchev–Trinajstić information content (AvgIpc) is 2.99. The number of anilines is 1. The molecule has 1 saturated heterocycles. The number of rotatable bonds is 2. The number of hydrogen-bond acceptors (Lipinski definition) is 9. The fourth-order valence-corrected chi connectivity index (χ4v) is 2.33. The Morgan fingerprint density at radius 2 is 2.14 bits per heavy atom.